The number of fused-ring (bicyclic) bond motifs is 1. The Bertz CT molecular complexity index is 1160. The normalized spacial score (nSPS) is 16.2. The fourth-order valence-corrected chi connectivity index (χ4v) is 5.34. The van der Waals surface area contributed by atoms with Crippen LogP contribution in [0.4, 0.5) is 11.8 Å². The summed E-state index contributed by atoms with van der Waals surface area (Å²) in [6.45, 7) is 2.36. The molecule has 0 amide bonds. The van der Waals surface area contributed by atoms with Gasteiger partial charge in [-0.25, -0.2) is 0 Å². The molecule has 2 aromatic carbocycles. The zero-order valence-corrected chi connectivity index (χ0v) is 20.8. The van der Waals surface area contributed by atoms with Crippen LogP contribution in [0, 0.1) is 0 Å². The van der Waals surface area contributed by atoms with E-state index in [0.717, 1.165) is 43.3 Å². The molecule has 6 nitrogen and oxygen atoms in total. The van der Waals surface area contributed by atoms with Gasteiger partial charge in [0, 0.05) is 36.1 Å². The fraction of sp³-hybridized carbons (Fsp3) is 0.346. The van der Waals surface area contributed by atoms with Gasteiger partial charge in [0.1, 0.15) is 5.82 Å². The highest BCUT2D eigenvalue weighted by atomic mass is 35.5. The number of ether oxygens (including phenoxy) is 1. The van der Waals surface area contributed by atoms with E-state index in [2.05, 4.69) is 56.9 Å². The average Bonchev–Trinajstić information content (AvgIpc) is 3.51. The van der Waals surface area contributed by atoms with Crippen molar-refractivity contribution in [2.75, 3.05) is 23.9 Å². The van der Waals surface area contributed by atoms with Gasteiger partial charge in [0.05, 0.1) is 7.11 Å². The lowest BCUT2D eigenvalue weighted by Gasteiger charge is -2.30. The Hall–Kier alpha value is -2.90. The van der Waals surface area contributed by atoms with Gasteiger partial charge in [0.2, 0.25) is 11.8 Å². The maximum atomic E-state index is 6.12. The van der Waals surface area contributed by atoms with Crippen molar-refractivity contribution in [3.63, 3.8) is 0 Å². The highest BCUT2D eigenvalue weighted by molar-refractivity contribution is 7.80. The third kappa shape index (κ3) is 4.81. The number of methoxy groups -OCH3 is 1. The van der Waals surface area contributed by atoms with E-state index in [1.807, 2.05) is 18.2 Å². The number of aromatic nitrogens is 2. The minimum absolute atomic E-state index is 0.0536. The maximum Gasteiger partial charge on any atom is 0.234 e. The molecule has 0 atom stereocenters. The average molecular weight is 494 g/mol. The lowest BCUT2D eigenvalue weighted by Crippen LogP contribution is -2.41. The van der Waals surface area contributed by atoms with Crippen LogP contribution in [0.2, 0.25) is 5.02 Å². The van der Waals surface area contributed by atoms with E-state index in [1.54, 1.807) is 7.11 Å². The molecule has 0 bridgehead atoms. The van der Waals surface area contributed by atoms with Gasteiger partial charge in [-0.1, -0.05) is 60.8 Å². The Balaban J connectivity index is 1.28. The summed E-state index contributed by atoms with van der Waals surface area (Å²) in [4.78, 5) is 11.4. The first kappa shape index (κ1) is 22.9. The van der Waals surface area contributed by atoms with Crippen molar-refractivity contribution >= 4 is 40.7 Å². The molecule has 1 aliphatic carbocycles. The summed E-state index contributed by atoms with van der Waals surface area (Å²) in [6.07, 6.45) is 4.68. The molecule has 2 heterocycles. The van der Waals surface area contributed by atoms with E-state index in [1.165, 1.54) is 29.5 Å². The maximum absolute atomic E-state index is 6.12. The van der Waals surface area contributed by atoms with Gasteiger partial charge >= 0.3 is 0 Å². The smallest absolute Gasteiger partial charge is 0.234 e. The number of thiocarbonyl (C=S) groups is 1. The van der Waals surface area contributed by atoms with Crippen molar-refractivity contribution in [1.29, 1.82) is 0 Å². The molecule has 2 aliphatic rings. The Morgan fingerprint density at radius 1 is 1.06 bits per heavy atom. The third-order valence-corrected chi connectivity index (χ3v) is 7.39. The van der Waals surface area contributed by atoms with Crippen LogP contribution in [0.1, 0.15) is 42.4 Å². The zero-order chi connectivity index (χ0) is 23.5. The monoisotopic (exact) mass is 493 g/mol. The van der Waals surface area contributed by atoms with Crippen LogP contribution in [-0.2, 0) is 18.5 Å². The molecule has 0 spiro atoms. The van der Waals surface area contributed by atoms with Gasteiger partial charge in [-0.05, 0) is 53.9 Å². The van der Waals surface area contributed by atoms with Gasteiger partial charge < -0.3 is 20.3 Å². The summed E-state index contributed by atoms with van der Waals surface area (Å²) >= 11 is 11.7. The molecule has 34 heavy (non-hydrogen) atoms. The molecular weight excluding hydrogens is 466 g/mol. The fourth-order valence-electron chi connectivity index (χ4n) is 5.05. The highest BCUT2D eigenvalue weighted by Gasteiger charge is 2.35. The second-order valence-corrected chi connectivity index (χ2v) is 9.86. The van der Waals surface area contributed by atoms with Gasteiger partial charge in [-0.15, -0.1) is 0 Å². The largest absolute Gasteiger partial charge is 0.481 e. The van der Waals surface area contributed by atoms with Crippen molar-refractivity contribution in [1.82, 2.24) is 15.3 Å². The molecule has 1 saturated carbocycles. The standard InChI is InChI=1S/C26H28ClN5OS/c1-33-23-14-22(32-15-18-6-2-3-7-19(18)16-32)29-24(30-23)31-25(34)28-17-26(12-4-5-13-26)20-8-10-21(27)11-9-20/h2-3,6-11,14H,4-5,12-13,15-17H2,1H3,(H2,28,29,30,31,34). The third-order valence-electron chi connectivity index (χ3n) is 6.89. The van der Waals surface area contributed by atoms with Crippen molar-refractivity contribution in [3.05, 3.63) is 76.3 Å². The minimum Gasteiger partial charge on any atom is -0.481 e. The van der Waals surface area contributed by atoms with E-state index < -0.39 is 0 Å². The van der Waals surface area contributed by atoms with Crippen molar-refractivity contribution < 1.29 is 4.74 Å². The van der Waals surface area contributed by atoms with Crippen molar-refractivity contribution in [2.45, 2.75) is 44.2 Å². The zero-order valence-electron chi connectivity index (χ0n) is 19.2. The van der Waals surface area contributed by atoms with E-state index >= 15 is 0 Å². The SMILES string of the molecule is COc1cc(N2Cc3ccccc3C2)nc(NC(=S)NCC2(c3ccc(Cl)cc3)CCCC2)n1. The Morgan fingerprint density at radius 3 is 2.38 bits per heavy atom. The van der Waals surface area contributed by atoms with Crippen molar-refractivity contribution in [2.24, 2.45) is 0 Å². The topological polar surface area (TPSA) is 62.3 Å². The molecule has 1 aromatic heterocycles. The van der Waals surface area contributed by atoms with Gasteiger partial charge in [0.15, 0.2) is 5.11 Å². The molecule has 8 heteroatoms. The summed E-state index contributed by atoms with van der Waals surface area (Å²) in [5.41, 5.74) is 3.99. The number of nitrogens with zero attached hydrogens (tertiary/aromatic N) is 3. The number of anilines is 2. The second kappa shape index (κ2) is 9.76. The Labute approximate surface area is 210 Å². The Kier molecular flexibility index (Phi) is 6.57. The summed E-state index contributed by atoms with van der Waals surface area (Å²) in [5, 5.41) is 7.86. The van der Waals surface area contributed by atoms with E-state index in [9.17, 15) is 0 Å². The number of hydrogen-bond acceptors (Lipinski definition) is 5. The van der Waals surface area contributed by atoms with E-state index in [0.29, 0.717) is 16.9 Å². The first-order valence-corrected chi connectivity index (χ1v) is 12.4. The van der Waals surface area contributed by atoms with Crippen LogP contribution in [0.15, 0.2) is 54.6 Å². The number of nitrogens with one attached hydrogen (secondary N) is 2. The number of benzene rings is 2. The van der Waals surface area contributed by atoms with E-state index in [-0.39, 0.29) is 5.41 Å². The summed E-state index contributed by atoms with van der Waals surface area (Å²) in [6, 6.07) is 18.5. The summed E-state index contributed by atoms with van der Waals surface area (Å²) < 4.78 is 5.45. The molecule has 0 unspecified atom stereocenters. The predicted molar refractivity (Wildman–Crippen MR) is 141 cm³/mol. The van der Waals surface area contributed by atoms with Crippen LogP contribution in [0.5, 0.6) is 5.88 Å². The van der Waals surface area contributed by atoms with Gasteiger partial charge in [-0.2, -0.15) is 9.97 Å². The second-order valence-electron chi connectivity index (χ2n) is 9.02. The predicted octanol–water partition coefficient (Wildman–Crippen LogP) is 5.46. The minimum atomic E-state index is 0.0536. The lowest BCUT2D eigenvalue weighted by atomic mass is 9.79. The number of hydrogen-bond donors (Lipinski definition) is 2. The van der Waals surface area contributed by atoms with Gasteiger partial charge in [-0.3, -0.25) is 0 Å². The molecule has 176 valence electrons. The highest BCUT2D eigenvalue weighted by Crippen LogP contribution is 2.41. The quantitative estimate of drug-likeness (QED) is 0.442. The molecule has 0 saturated heterocycles. The lowest BCUT2D eigenvalue weighted by molar-refractivity contribution is 0.397. The van der Waals surface area contributed by atoms with E-state index in [4.69, 9.17) is 33.5 Å². The summed E-state index contributed by atoms with van der Waals surface area (Å²) in [5.74, 6) is 1.73. The first-order valence-electron chi connectivity index (χ1n) is 11.6. The molecular formula is C26H28ClN5OS. The molecule has 3 aromatic rings. The van der Waals surface area contributed by atoms with Crippen LogP contribution < -0.4 is 20.3 Å². The van der Waals surface area contributed by atoms with Crippen LogP contribution >= 0.6 is 23.8 Å². The van der Waals surface area contributed by atoms with Crippen LogP contribution in [0.3, 0.4) is 0 Å². The van der Waals surface area contributed by atoms with Crippen LogP contribution in [0.25, 0.3) is 0 Å². The van der Waals surface area contributed by atoms with Gasteiger partial charge in [0.25, 0.3) is 0 Å². The molecule has 1 aliphatic heterocycles. The summed E-state index contributed by atoms with van der Waals surface area (Å²) in [7, 11) is 1.61. The Morgan fingerprint density at radius 2 is 1.74 bits per heavy atom. The molecule has 1 fully saturated rings. The molecule has 2 N–H and O–H groups in total. The first-order chi connectivity index (χ1) is 16.5. The number of halogens is 1. The molecule has 5 rings (SSSR count). The molecule has 0 radical (unpaired) electrons. The number of rotatable bonds is 6. The van der Waals surface area contributed by atoms with Crippen molar-refractivity contribution in [3.8, 4) is 5.88 Å². The van der Waals surface area contributed by atoms with Crippen LogP contribution in [-0.4, -0.2) is 28.7 Å².